The number of rotatable bonds is 5. The second kappa shape index (κ2) is 6.83. The number of nitrogens with zero attached hydrogens (tertiary/aromatic N) is 1. The van der Waals surface area contributed by atoms with Crippen molar-refractivity contribution >= 4 is 6.08 Å². The van der Waals surface area contributed by atoms with Gasteiger partial charge in [0.05, 0.1) is 19.1 Å². The van der Waals surface area contributed by atoms with Crippen LogP contribution in [0.4, 0.5) is 0 Å². The lowest BCUT2D eigenvalue weighted by molar-refractivity contribution is -0.0451. The van der Waals surface area contributed by atoms with Gasteiger partial charge in [0, 0.05) is 35.7 Å². The Balaban J connectivity index is 1.77. The molecule has 4 heterocycles. The lowest BCUT2D eigenvalue weighted by atomic mass is 9.65. The van der Waals surface area contributed by atoms with E-state index in [4.69, 9.17) is 9.15 Å². The summed E-state index contributed by atoms with van der Waals surface area (Å²) in [6.07, 6.45) is 11.9. The van der Waals surface area contributed by atoms with Crippen LogP contribution < -0.4 is 0 Å². The standard InChI is InChI=1S/C22H33NO2/c1-5-7-16-9-15-10-20-21(16)23(12-15)18(6-2)11-19-17(8-14(3)24-4)13-25-22(19)20/h8,13,15-16,18,20-21H,5-7,9-12H2,1-4H3/b14-8+. The van der Waals surface area contributed by atoms with Gasteiger partial charge in [0.2, 0.25) is 0 Å². The average molecular weight is 344 g/mol. The highest BCUT2D eigenvalue weighted by atomic mass is 16.5. The van der Waals surface area contributed by atoms with Gasteiger partial charge in [0.25, 0.3) is 0 Å². The van der Waals surface area contributed by atoms with Crippen LogP contribution in [0.2, 0.25) is 0 Å². The third-order valence-corrected chi connectivity index (χ3v) is 6.99. The number of ether oxygens (including phenoxy) is 1. The first-order valence-electron chi connectivity index (χ1n) is 10.2. The maximum absolute atomic E-state index is 6.24. The molecule has 0 N–H and O–H groups in total. The summed E-state index contributed by atoms with van der Waals surface area (Å²) in [7, 11) is 1.74. The molecule has 0 aromatic carbocycles. The number of hydrogen-bond donors (Lipinski definition) is 0. The molecule has 5 rings (SSSR count). The van der Waals surface area contributed by atoms with Gasteiger partial charge < -0.3 is 9.15 Å². The van der Waals surface area contributed by atoms with Gasteiger partial charge in [0.15, 0.2) is 0 Å². The van der Waals surface area contributed by atoms with Crippen molar-refractivity contribution in [1.82, 2.24) is 4.90 Å². The van der Waals surface area contributed by atoms with Crippen molar-refractivity contribution in [2.75, 3.05) is 13.7 Å². The molecule has 3 aliphatic heterocycles. The van der Waals surface area contributed by atoms with E-state index in [9.17, 15) is 0 Å². The molecule has 0 spiro atoms. The Morgan fingerprint density at radius 3 is 2.92 bits per heavy atom. The third kappa shape index (κ3) is 2.85. The molecule has 3 heteroatoms. The van der Waals surface area contributed by atoms with Gasteiger partial charge in [-0.1, -0.05) is 20.3 Å². The maximum atomic E-state index is 6.24. The zero-order valence-corrected chi connectivity index (χ0v) is 16.3. The molecule has 0 radical (unpaired) electrons. The van der Waals surface area contributed by atoms with E-state index in [0.29, 0.717) is 18.0 Å². The molecule has 0 amide bonds. The van der Waals surface area contributed by atoms with Crippen molar-refractivity contribution in [2.45, 2.75) is 77.3 Å². The van der Waals surface area contributed by atoms with E-state index in [-0.39, 0.29) is 0 Å². The second-order valence-corrected chi connectivity index (χ2v) is 8.44. The van der Waals surface area contributed by atoms with Crippen LogP contribution in [0, 0.1) is 11.8 Å². The summed E-state index contributed by atoms with van der Waals surface area (Å²) in [6, 6.07) is 1.35. The summed E-state index contributed by atoms with van der Waals surface area (Å²) in [5.74, 6) is 4.56. The Morgan fingerprint density at radius 2 is 2.20 bits per heavy atom. The lowest BCUT2D eigenvalue weighted by Crippen LogP contribution is -2.59. The molecule has 4 bridgehead atoms. The van der Waals surface area contributed by atoms with Gasteiger partial charge in [-0.05, 0) is 56.9 Å². The van der Waals surface area contributed by atoms with Crippen LogP contribution in [0.25, 0.3) is 6.08 Å². The summed E-state index contributed by atoms with van der Waals surface area (Å²) in [6.45, 7) is 8.03. The first-order chi connectivity index (χ1) is 12.2. The minimum atomic E-state index is 0.598. The van der Waals surface area contributed by atoms with Crippen LogP contribution in [-0.2, 0) is 11.2 Å². The smallest absolute Gasteiger partial charge is 0.112 e. The van der Waals surface area contributed by atoms with Gasteiger partial charge in [-0.25, -0.2) is 0 Å². The fraction of sp³-hybridized carbons (Fsp3) is 0.727. The van der Waals surface area contributed by atoms with E-state index in [1.54, 1.807) is 7.11 Å². The van der Waals surface area contributed by atoms with Gasteiger partial charge in [-0.3, -0.25) is 4.90 Å². The molecule has 25 heavy (non-hydrogen) atoms. The summed E-state index contributed by atoms with van der Waals surface area (Å²) < 4.78 is 11.6. The molecule has 138 valence electrons. The van der Waals surface area contributed by atoms with Crippen molar-refractivity contribution in [2.24, 2.45) is 11.8 Å². The lowest BCUT2D eigenvalue weighted by Gasteiger charge is -2.55. The number of fused-ring (bicyclic) bond motifs is 2. The van der Waals surface area contributed by atoms with Crippen LogP contribution in [0.1, 0.15) is 75.7 Å². The molecular weight excluding hydrogens is 310 g/mol. The van der Waals surface area contributed by atoms with Crippen LogP contribution in [0.15, 0.2) is 16.4 Å². The minimum absolute atomic E-state index is 0.598. The molecule has 3 fully saturated rings. The molecule has 4 aliphatic rings. The predicted octanol–water partition coefficient (Wildman–Crippen LogP) is 5.22. The highest BCUT2D eigenvalue weighted by Crippen LogP contribution is 2.52. The fourth-order valence-corrected chi connectivity index (χ4v) is 5.95. The summed E-state index contributed by atoms with van der Waals surface area (Å²) in [4.78, 5) is 2.88. The van der Waals surface area contributed by atoms with E-state index in [1.807, 2.05) is 13.2 Å². The third-order valence-electron chi connectivity index (χ3n) is 6.99. The van der Waals surface area contributed by atoms with Crippen molar-refractivity contribution in [1.29, 1.82) is 0 Å². The average Bonchev–Trinajstić information content (AvgIpc) is 2.97. The molecule has 1 saturated carbocycles. The number of furan rings is 1. The Morgan fingerprint density at radius 1 is 1.36 bits per heavy atom. The Bertz CT molecular complexity index is 646. The molecule has 1 aliphatic carbocycles. The first-order valence-corrected chi connectivity index (χ1v) is 10.2. The number of methoxy groups -OCH3 is 1. The Kier molecular flexibility index (Phi) is 4.70. The highest BCUT2D eigenvalue weighted by molar-refractivity contribution is 5.56. The predicted molar refractivity (Wildman–Crippen MR) is 102 cm³/mol. The molecule has 6 unspecified atom stereocenters. The highest BCUT2D eigenvalue weighted by Gasteiger charge is 2.51. The van der Waals surface area contributed by atoms with Gasteiger partial charge >= 0.3 is 0 Å². The number of allylic oxidation sites excluding steroid dienone is 1. The second-order valence-electron chi connectivity index (χ2n) is 8.44. The Hall–Kier alpha value is -1.22. The van der Waals surface area contributed by atoms with Crippen molar-refractivity contribution in [3.05, 3.63) is 28.9 Å². The SMILES string of the molecule is CCCC1CC2CC3c4occ(/C=C(\C)OC)c4CC(CC)N(C2)C13. The van der Waals surface area contributed by atoms with Crippen LogP contribution in [-0.4, -0.2) is 30.6 Å². The van der Waals surface area contributed by atoms with Crippen LogP contribution in [0.5, 0.6) is 0 Å². The quantitative estimate of drug-likeness (QED) is 0.686. The van der Waals surface area contributed by atoms with Gasteiger partial charge in [0.1, 0.15) is 5.76 Å². The summed E-state index contributed by atoms with van der Waals surface area (Å²) in [5.41, 5.74) is 2.70. The molecule has 1 aromatic rings. The zero-order valence-electron chi connectivity index (χ0n) is 16.3. The Labute approximate surface area is 152 Å². The molecule has 2 saturated heterocycles. The van der Waals surface area contributed by atoms with Crippen LogP contribution >= 0.6 is 0 Å². The molecule has 3 nitrogen and oxygen atoms in total. The molecule has 6 atom stereocenters. The monoisotopic (exact) mass is 343 g/mol. The maximum Gasteiger partial charge on any atom is 0.112 e. The molecular formula is C22H33NO2. The van der Waals surface area contributed by atoms with Crippen molar-refractivity contribution in [3.63, 3.8) is 0 Å². The van der Waals surface area contributed by atoms with E-state index in [0.717, 1.165) is 24.0 Å². The van der Waals surface area contributed by atoms with Gasteiger partial charge in [-0.15, -0.1) is 0 Å². The van der Waals surface area contributed by atoms with E-state index in [2.05, 4.69) is 24.8 Å². The largest absolute Gasteiger partial charge is 0.501 e. The molecule has 1 aromatic heterocycles. The topological polar surface area (TPSA) is 25.6 Å². The van der Waals surface area contributed by atoms with Crippen molar-refractivity contribution < 1.29 is 9.15 Å². The van der Waals surface area contributed by atoms with E-state index in [1.165, 1.54) is 55.5 Å². The first kappa shape index (κ1) is 17.2. The zero-order chi connectivity index (χ0) is 17.6. The fourth-order valence-electron chi connectivity index (χ4n) is 5.95. The van der Waals surface area contributed by atoms with Crippen molar-refractivity contribution in [3.8, 4) is 0 Å². The number of piperidine rings is 2. The van der Waals surface area contributed by atoms with Gasteiger partial charge in [-0.2, -0.15) is 0 Å². The van der Waals surface area contributed by atoms with E-state index >= 15 is 0 Å². The minimum Gasteiger partial charge on any atom is -0.501 e. The van der Waals surface area contributed by atoms with Crippen LogP contribution in [0.3, 0.4) is 0 Å². The van der Waals surface area contributed by atoms with E-state index < -0.39 is 0 Å². The number of hydrogen-bond acceptors (Lipinski definition) is 3. The summed E-state index contributed by atoms with van der Waals surface area (Å²) >= 11 is 0. The summed E-state index contributed by atoms with van der Waals surface area (Å²) in [5, 5.41) is 0. The normalized spacial score (nSPS) is 36.9.